The van der Waals surface area contributed by atoms with Crippen LogP contribution in [0.2, 0.25) is 0 Å². The van der Waals surface area contributed by atoms with Crippen LogP contribution >= 0.6 is 0 Å². The second-order valence-corrected chi connectivity index (χ2v) is 8.21. The fraction of sp³-hybridized carbons (Fsp3) is 0.190. The van der Waals surface area contributed by atoms with Crippen LogP contribution < -0.4 is 25.9 Å². The van der Waals surface area contributed by atoms with Crippen LogP contribution in [0.5, 0.6) is 11.5 Å². The Morgan fingerprint density at radius 2 is 1.54 bits per heavy atom. The normalized spacial score (nSPS) is 15.4. The Morgan fingerprint density at radius 3 is 2.11 bits per heavy atom. The van der Waals surface area contributed by atoms with Crippen molar-refractivity contribution >= 4 is 77.2 Å². The molecule has 0 unspecified atom stereocenters. The Hall–Kier alpha value is -3.17. The van der Waals surface area contributed by atoms with Gasteiger partial charge in [-0.1, -0.05) is 28.5 Å². The van der Waals surface area contributed by atoms with E-state index in [2.05, 4.69) is 14.7 Å². The van der Waals surface area contributed by atoms with E-state index < -0.39 is 35.3 Å². The van der Waals surface area contributed by atoms with Crippen molar-refractivity contribution in [2.24, 2.45) is 0 Å². The first kappa shape index (κ1) is 26.9. The fourth-order valence-corrected chi connectivity index (χ4v) is 3.95. The van der Waals surface area contributed by atoms with E-state index in [0.29, 0.717) is 4.90 Å². The van der Waals surface area contributed by atoms with E-state index in [-0.39, 0.29) is 44.7 Å². The average Bonchev–Trinajstić information content (AvgIpc) is 2.91. The fourth-order valence-electron chi connectivity index (χ4n) is 3.95. The van der Waals surface area contributed by atoms with Crippen LogP contribution in [0.1, 0.15) is 16.2 Å². The van der Waals surface area contributed by atoms with Crippen molar-refractivity contribution in [3.05, 3.63) is 54.1 Å². The minimum atomic E-state index is -4.89. The molecule has 16 heteroatoms. The Balaban J connectivity index is 1.88. The molecule has 0 saturated carbocycles. The maximum Gasteiger partial charge on any atom is 0.573 e. The number of fused-ring (bicyclic) bond motifs is 1. The van der Waals surface area contributed by atoms with Gasteiger partial charge in [0.15, 0.2) is 0 Å². The zero-order chi connectivity index (χ0) is 27.3. The number of ether oxygens (including phenoxy) is 2. The molecular weight excluding hydrogens is 475 g/mol. The maximum atomic E-state index is 13.9. The van der Waals surface area contributed by atoms with Gasteiger partial charge < -0.3 is 14.4 Å². The zero-order valence-corrected chi connectivity index (χ0v) is 19.0. The molecule has 1 aliphatic rings. The monoisotopic (exact) mass is 485 g/mol. The second kappa shape index (κ2) is 9.29. The molecule has 0 fully saturated rings. The van der Waals surface area contributed by atoms with Crippen molar-refractivity contribution in [1.29, 1.82) is 0 Å². The van der Waals surface area contributed by atoms with E-state index in [4.69, 9.17) is 59.7 Å². The summed E-state index contributed by atoms with van der Waals surface area (Å²) >= 11 is 0. The molecule has 4 rings (SSSR count). The van der Waals surface area contributed by atoms with Gasteiger partial charge in [0, 0.05) is 17.7 Å². The Morgan fingerprint density at radius 1 is 0.946 bits per heavy atom. The summed E-state index contributed by atoms with van der Waals surface area (Å²) in [6, 6.07) is 6.07. The van der Waals surface area contributed by atoms with Gasteiger partial charge in [0.25, 0.3) is 5.91 Å². The number of amides is 1. The molecule has 0 spiro atoms. The molecule has 14 radical (unpaired) electrons. The smallest absolute Gasteiger partial charge is 0.493 e. The summed E-state index contributed by atoms with van der Waals surface area (Å²) in [5, 5.41) is -4.35. The maximum absolute atomic E-state index is 13.9. The van der Waals surface area contributed by atoms with Crippen molar-refractivity contribution in [2.45, 2.75) is 17.0 Å². The number of carbonyl (C=O) groups is 1. The lowest BCUT2D eigenvalue weighted by Gasteiger charge is -2.48. The molecule has 0 N–H and O–H groups in total. The molecule has 1 aliphatic heterocycles. The van der Waals surface area contributed by atoms with Crippen molar-refractivity contribution in [2.75, 3.05) is 6.61 Å². The molecule has 0 atom stereocenters. The molecule has 0 aliphatic carbocycles. The highest BCUT2D eigenvalue weighted by atomic mass is 19.4. The van der Waals surface area contributed by atoms with Crippen LogP contribution in [-0.4, -0.2) is 94.0 Å². The number of hydrogen-bond acceptors (Lipinski definition) is 5. The highest BCUT2D eigenvalue weighted by molar-refractivity contribution is 6.57. The summed E-state index contributed by atoms with van der Waals surface area (Å²) in [7, 11) is 43.7. The van der Waals surface area contributed by atoms with Gasteiger partial charge in [-0.3, -0.25) is 4.79 Å². The third-order valence-electron chi connectivity index (χ3n) is 5.52. The molecule has 1 aromatic heterocycles. The number of alkyl halides is 3. The molecule has 0 bridgehead atoms. The first-order chi connectivity index (χ1) is 17.1. The first-order valence-electron chi connectivity index (χ1n) is 10.4. The highest BCUT2D eigenvalue weighted by Crippen LogP contribution is 2.33. The topological polar surface area (TPSA) is 64.6 Å². The van der Waals surface area contributed by atoms with Crippen LogP contribution in [0.25, 0.3) is 11.1 Å². The van der Waals surface area contributed by atoms with Crippen molar-refractivity contribution < 1.29 is 27.4 Å². The Labute approximate surface area is 220 Å². The summed E-state index contributed by atoms with van der Waals surface area (Å²) in [6.45, 7) is -0.541. The van der Waals surface area contributed by atoms with Gasteiger partial charge in [-0.25, -0.2) is 9.97 Å². The standard InChI is InChI=1S/C21H9B7F3N3O3/c22-13-11(9-2-4-10(5-3-9)37-21(29,30)31)14(23)15(24)16-12(13)17(35)34(19(25,26)8-36-16)20(27,28)18-32-6-1-7-33-18/h1-7H,8H2. The average molecular weight is 484 g/mol. The van der Waals surface area contributed by atoms with Crippen LogP contribution in [0, 0.1) is 0 Å². The number of benzene rings is 2. The first-order valence-corrected chi connectivity index (χ1v) is 10.4. The molecule has 2 heterocycles. The van der Waals surface area contributed by atoms with Crippen LogP contribution in [-0.2, 0) is 5.34 Å². The van der Waals surface area contributed by atoms with Gasteiger partial charge >= 0.3 is 6.36 Å². The van der Waals surface area contributed by atoms with Gasteiger partial charge in [-0.2, -0.15) is 0 Å². The summed E-state index contributed by atoms with van der Waals surface area (Å²) < 4.78 is 47.2. The number of aromatic nitrogens is 2. The lowest BCUT2D eigenvalue weighted by molar-refractivity contribution is -0.274. The SMILES string of the molecule is [B]c1c([B])c(-c2ccc(OC(F)(F)F)cc2)c([B])c2c1OCC([B])([B])N(C([B])([B])c1ncccn1)C2=O. The van der Waals surface area contributed by atoms with E-state index in [1.54, 1.807) is 0 Å². The summed E-state index contributed by atoms with van der Waals surface area (Å²) in [4.78, 5) is 22.6. The van der Waals surface area contributed by atoms with E-state index in [0.717, 1.165) is 12.1 Å². The van der Waals surface area contributed by atoms with Crippen LogP contribution in [0.3, 0.4) is 0 Å². The summed E-state index contributed by atoms with van der Waals surface area (Å²) in [5.41, 5.74) is -0.637. The van der Waals surface area contributed by atoms with Crippen molar-refractivity contribution in [1.82, 2.24) is 14.9 Å². The zero-order valence-electron chi connectivity index (χ0n) is 19.0. The lowest BCUT2D eigenvalue weighted by atomic mass is 9.52. The van der Waals surface area contributed by atoms with Gasteiger partial charge in [-0.05, 0) is 34.7 Å². The quantitative estimate of drug-likeness (QED) is 0.418. The largest absolute Gasteiger partial charge is 0.573 e. The highest BCUT2D eigenvalue weighted by Gasteiger charge is 2.46. The molecule has 37 heavy (non-hydrogen) atoms. The van der Waals surface area contributed by atoms with Gasteiger partial charge in [0.2, 0.25) is 0 Å². The predicted octanol–water partition coefficient (Wildman–Crippen LogP) is -1.60. The molecule has 3 aromatic rings. The van der Waals surface area contributed by atoms with E-state index >= 15 is 0 Å². The number of halogens is 3. The molecule has 2 aromatic carbocycles. The number of nitrogens with zero attached hydrogens (tertiary/aromatic N) is 3. The Kier molecular flexibility index (Phi) is 6.75. The third kappa shape index (κ3) is 4.90. The molecule has 168 valence electrons. The molecular formula is C21H9B7F3N3O3. The third-order valence-corrected chi connectivity index (χ3v) is 5.52. The van der Waals surface area contributed by atoms with Crippen molar-refractivity contribution in [3.63, 3.8) is 0 Å². The number of carbonyl (C=O) groups excluding carboxylic acids is 1. The van der Waals surface area contributed by atoms with E-state index in [1.807, 2.05) is 0 Å². The lowest BCUT2D eigenvalue weighted by Crippen LogP contribution is -2.65. The second-order valence-electron chi connectivity index (χ2n) is 8.21. The molecule has 6 nitrogen and oxygen atoms in total. The number of rotatable bonds is 4. The van der Waals surface area contributed by atoms with E-state index in [9.17, 15) is 18.0 Å². The predicted molar refractivity (Wildman–Crippen MR) is 136 cm³/mol. The van der Waals surface area contributed by atoms with Gasteiger partial charge in [-0.15, -0.1) is 13.2 Å². The van der Waals surface area contributed by atoms with Crippen LogP contribution in [0.15, 0.2) is 42.7 Å². The van der Waals surface area contributed by atoms with Crippen molar-refractivity contribution in [3.8, 4) is 22.6 Å². The summed E-state index contributed by atoms with van der Waals surface area (Å²) in [5.74, 6) is -1.91. The molecule has 0 saturated heterocycles. The molecule has 1 amide bonds. The Bertz CT molecular complexity index is 1360. The summed E-state index contributed by atoms with van der Waals surface area (Å²) in [6.07, 6.45) is -2.21. The van der Waals surface area contributed by atoms with Gasteiger partial charge in [0.05, 0.1) is 27.9 Å². The number of hydrogen-bond donors (Lipinski definition) is 0. The van der Waals surface area contributed by atoms with Gasteiger partial charge in [0.1, 0.15) is 56.6 Å². The minimum absolute atomic E-state index is 0.0313. The van der Waals surface area contributed by atoms with E-state index in [1.165, 1.54) is 30.6 Å². The van der Waals surface area contributed by atoms with Crippen LogP contribution in [0.4, 0.5) is 13.2 Å². The minimum Gasteiger partial charge on any atom is -0.493 e.